The van der Waals surface area contributed by atoms with Crippen molar-refractivity contribution >= 4 is 22.6 Å². The van der Waals surface area contributed by atoms with Crippen LogP contribution in [-0.2, 0) is 4.79 Å². The Morgan fingerprint density at radius 2 is 2.62 bits per heavy atom. The van der Waals surface area contributed by atoms with Crippen LogP contribution < -0.4 is 10.6 Å². The Hall–Kier alpha value is -1.17. The van der Waals surface area contributed by atoms with E-state index in [0.717, 1.165) is 11.6 Å². The Labute approximate surface area is 79.7 Å². The van der Waals surface area contributed by atoms with Crippen molar-refractivity contribution in [3.63, 3.8) is 0 Å². The van der Waals surface area contributed by atoms with E-state index in [1.807, 2.05) is 0 Å². The maximum atomic E-state index is 10.8. The summed E-state index contributed by atoms with van der Waals surface area (Å²) in [6.07, 6.45) is 2.98. The maximum Gasteiger partial charge on any atom is 0.220 e. The Bertz CT molecular complexity index is 277. The summed E-state index contributed by atoms with van der Waals surface area (Å²) in [5.74, 6) is 0.135. The molecule has 2 rings (SSSR count). The molecule has 0 radical (unpaired) electrons. The highest BCUT2D eigenvalue weighted by molar-refractivity contribution is 7.09. The number of carbonyl (C=O) groups is 1. The van der Waals surface area contributed by atoms with Crippen molar-refractivity contribution in [3.05, 3.63) is 6.33 Å². The molecule has 70 valence electrons. The zero-order valence-electron chi connectivity index (χ0n) is 6.99. The summed E-state index contributed by atoms with van der Waals surface area (Å²) >= 11 is 1.33. The Morgan fingerprint density at radius 1 is 1.69 bits per heavy atom. The van der Waals surface area contributed by atoms with E-state index in [0.29, 0.717) is 19.0 Å². The second-order valence-electron chi connectivity index (χ2n) is 2.93. The number of hydrogen-bond donors (Lipinski definition) is 2. The molecule has 1 atom stereocenters. The van der Waals surface area contributed by atoms with E-state index in [2.05, 4.69) is 20.0 Å². The molecule has 0 aromatic carbocycles. The molecule has 1 amide bonds. The van der Waals surface area contributed by atoms with E-state index >= 15 is 0 Å². The minimum absolute atomic E-state index is 0.135. The van der Waals surface area contributed by atoms with Gasteiger partial charge in [-0.1, -0.05) is 0 Å². The Kier molecular flexibility index (Phi) is 2.40. The van der Waals surface area contributed by atoms with Crippen LogP contribution in [0.4, 0.5) is 5.13 Å². The van der Waals surface area contributed by atoms with Gasteiger partial charge in [0.05, 0.1) is 0 Å². The van der Waals surface area contributed by atoms with Crippen molar-refractivity contribution in [2.24, 2.45) is 0 Å². The van der Waals surface area contributed by atoms with E-state index in [1.54, 1.807) is 0 Å². The molecule has 13 heavy (non-hydrogen) atoms. The summed E-state index contributed by atoms with van der Waals surface area (Å²) in [4.78, 5) is 14.9. The molecular formula is C7H10N4OS. The predicted molar refractivity (Wildman–Crippen MR) is 49.6 cm³/mol. The third-order valence-electron chi connectivity index (χ3n) is 1.95. The van der Waals surface area contributed by atoms with Crippen molar-refractivity contribution in [2.75, 3.05) is 11.9 Å². The van der Waals surface area contributed by atoms with Crippen LogP contribution >= 0.6 is 11.5 Å². The van der Waals surface area contributed by atoms with Gasteiger partial charge in [-0.05, 0) is 6.42 Å². The molecule has 6 heteroatoms. The summed E-state index contributed by atoms with van der Waals surface area (Å²) in [6, 6.07) is 0.297. The first-order valence-corrected chi connectivity index (χ1v) is 4.92. The number of carbonyl (C=O) groups excluding carboxylic acids is 1. The predicted octanol–water partition coefficient (Wildman–Crippen LogP) is 0.229. The standard InChI is InChI=1S/C7H10N4OS/c12-6-2-1-5(3-8-6)11-7-9-4-10-13-7/h4-5H,1-3H2,(H,8,12)(H,9,10,11). The van der Waals surface area contributed by atoms with E-state index in [9.17, 15) is 4.79 Å². The topological polar surface area (TPSA) is 66.9 Å². The maximum absolute atomic E-state index is 10.8. The largest absolute Gasteiger partial charge is 0.356 e. The highest BCUT2D eigenvalue weighted by Gasteiger charge is 2.17. The highest BCUT2D eigenvalue weighted by Crippen LogP contribution is 2.12. The quantitative estimate of drug-likeness (QED) is 0.713. The SMILES string of the molecule is O=C1CCC(Nc2ncns2)CN1. The fraction of sp³-hybridized carbons (Fsp3) is 0.571. The lowest BCUT2D eigenvalue weighted by Gasteiger charge is -2.22. The monoisotopic (exact) mass is 198 g/mol. The molecule has 1 aromatic heterocycles. The van der Waals surface area contributed by atoms with Crippen LogP contribution in [0.2, 0.25) is 0 Å². The first-order chi connectivity index (χ1) is 6.34. The average Bonchev–Trinajstić information content (AvgIpc) is 2.62. The van der Waals surface area contributed by atoms with E-state index in [4.69, 9.17) is 0 Å². The number of aromatic nitrogens is 2. The van der Waals surface area contributed by atoms with Gasteiger partial charge in [-0.15, -0.1) is 0 Å². The number of amides is 1. The second-order valence-corrected chi connectivity index (χ2v) is 3.71. The summed E-state index contributed by atoms with van der Waals surface area (Å²) in [6.45, 7) is 0.679. The van der Waals surface area contributed by atoms with Crippen LogP contribution in [0, 0.1) is 0 Å². The molecular weight excluding hydrogens is 188 g/mol. The van der Waals surface area contributed by atoms with Gasteiger partial charge in [0, 0.05) is 30.5 Å². The zero-order valence-corrected chi connectivity index (χ0v) is 7.80. The number of nitrogens with zero attached hydrogens (tertiary/aromatic N) is 2. The number of rotatable bonds is 2. The van der Waals surface area contributed by atoms with Crippen LogP contribution in [0.5, 0.6) is 0 Å². The molecule has 1 aliphatic heterocycles. The van der Waals surface area contributed by atoms with E-state index in [1.165, 1.54) is 17.9 Å². The third kappa shape index (κ3) is 2.15. The summed E-state index contributed by atoms with van der Waals surface area (Å²) in [5.41, 5.74) is 0. The normalized spacial score (nSPS) is 22.5. The molecule has 1 unspecified atom stereocenters. The molecule has 2 heterocycles. The third-order valence-corrected chi connectivity index (χ3v) is 2.55. The van der Waals surface area contributed by atoms with Crippen molar-refractivity contribution in [3.8, 4) is 0 Å². The Balaban J connectivity index is 1.86. The van der Waals surface area contributed by atoms with Crippen LogP contribution in [0.25, 0.3) is 0 Å². The van der Waals surface area contributed by atoms with Crippen LogP contribution in [0.3, 0.4) is 0 Å². The van der Waals surface area contributed by atoms with Gasteiger partial charge in [0.25, 0.3) is 0 Å². The summed E-state index contributed by atoms with van der Waals surface area (Å²) < 4.78 is 3.88. The first-order valence-electron chi connectivity index (χ1n) is 4.14. The fourth-order valence-corrected chi connectivity index (χ4v) is 1.78. The lowest BCUT2D eigenvalue weighted by Crippen LogP contribution is -2.41. The summed E-state index contributed by atoms with van der Waals surface area (Å²) in [7, 11) is 0. The molecule has 0 saturated carbocycles. The van der Waals surface area contributed by atoms with Gasteiger partial charge in [0.15, 0.2) is 0 Å². The number of piperidine rings is 1. The molecule has 1 aromatic rings. The van der Waals surface area contributed by atoms with Gasteiger partial charge in [-0.2, -0.15) is 4.37 Å². The van der Waals surface area contributed by atoms with Gasteiger partial charge in [0.2, 0.25) is 11.0 Å². The van der Waals surface area contributed by atoms with Crippen LogP contribution in [0.1, 0.15) is 12.8 Å². The Morgan fingerprint density at radius 3 is 3.23 bits per heavy atom. The lowest BCUT2D eigenvalue weighted by atomic mass is 10.1. The number of anilines is 1. The fourth-order valence-electron chi connectivity index (χ4n) is 1.27. The molecule has 2 N–H and O–H groups in total. The van der Waals surface area contributed by atoms with Gasteiger partial charge < -0.3 is 10.6 Å². The van der Waals surface area contributed by atoms with Crippen LogP contribution in [0.15, 0.2) is 6.33 Å². The van der Waals surface area contributed by atoms with Crippen molar-refractivity contribution in [1.82, 2.24) is 14.7 Å². The second kappa shape index (κ2) is 3.69. The smallest absolute Gasteiger partial charge is 0.220 e. The van der Waals surface area contributed by atoms with Crippen LogP contribution in [-0.4, -0.2) is 27.9 Å². The van der Waals surface area contributed by atoms with Crippen molar-refractivity contribution in [1.29, 1.82) is 0 Å². The molecule has 0 spiro atoms. The highest BCUT2D eigenvalue weighted by atomic mass is 32.1. The van der Waals surface area contributed by atoms with Gasteiger partial charge in [-0.3, -0.25) is 4.79 Å². The van der Waals surface area contributed by atoms with Crippen molar-refractivity contribution in [2.45, 2.75) is 18.9 Å². The number of hydrogen-bond acceptors (Lipinski definition) is 5. The van der Waals surface area contributed by atoms with E-state index in [-0.39, 0.29) is 5.91 Å². The summed E-state index contributed by atoms with van der Waals surface area (Å²) in [5, 5.41) is 6.83. The van der Waals surface area contributed by atoms with Gasteiger partial charge in [0.1, 0.15) is 6.33 Å². The first kappa shape index (κ1) is 8.43. The molecule has 0 aliphatic carbocycles. The van der Waals surface area contributed by atoms with Crippen molar-refractivity contribution < 1.29 is 4.79 Å². The molecule has 1 saturated heterocycles. The van der Waals surface area contributed by atoms with Gasteiger partial charge in [-0.25, -0.2) is 4.98 Å². The average molecular weight is 198 g/mol. The molecule has 0 bridgehead atoms. The van der Waals surface area contributed by atoms with E-state index < -0.39 is 0 Å². The molecule has 5 nitrogen and oxygen atoms in total. The minimum Gasteiger partial charge on any atom is -0.356 e. The molecule has 1 fully saturated rings. The minimum atomic E-state index is 0.135. The van der Waals surface area contributed by atoms with Gasteiger partial charge >= 0.3 is 0 Å². The molecule has 1 aliphatic rings. The lowest BCUT2D eigenvalue weighted by molar-refractivity contribution is -0.122. The number of nitrogens with one attached hydrogen (secondary N) is 2. The zero-order chi connectivity index (χ0) is 9.10.